The number of hydrogen-bond acceptors (Lipinski definition) is 3. The lowest BCUT2D eigenvalue weighted by Crippen LogP contribution is -2.40. The number of carbonyl (C=O) groups is 1. The molecule has 0 saturated carbocycles. The van der Waals surface area contributed by atoms with Gasteiger partial charge in [-0.3, -0.25) is 4.79 Å². The van der Waals surface area contributed by atoms with Crippen molar-refractivity contribution in [1.29, 1.82) is 0 Å². The average molecular weight is 371 g/mol. The fraction of sp³-hybridized carbons (Fsp3) is 0.312. The molecule has 2 aromatic rings. The molecule has 9 heteroatoms. The van der Waals surface area contributed by atoms with Crippen molar-refractivity contribution in [3.8, 4) is 0 Å². The summed E-state index contributed by atoms with van der Waals surface area (Å²) < 4.78 is 54.6. The number of anilines is 1. The molecule has 0 bridgehead atoms. The number of nitrogens with zero attached hydrogens (tertiary/aromatic N) is 1. The fourth-order valence-electron chi connectivity index (χ4n) is 2.14. The van der Waals surface area contributed by atoms with Crippen LogP contribution < -0.4 is 10.0 Å². The van der Waals surface area contributed by atoms with Gasteiger partial charge in [0.05, 0.1) is 0 Å². The highest BCUT2D eigenvalue weighted by atomic mass is 32.2. The van der Waals surface area contributed by atoms with E-state index in [0.717, 1.165) is 12.1 Å². The summed E-state index contributed by atoms with van der Waals surface area (Å²) in [5.74, 6) is -2.77. The van der Waals surface area contributed by atoms with Crippen molar-refractivity contribution in [2.24, 2.45) is 7.05 Å². The largest absolute Gasteiger partial charge is 0.345 e. The van der Waals surface area contributed by atoms with Gasteiger partial charge in [-0.05, 0) is 39.0 Å². The third kappa shape index (κ3) is 4.64. The molecular weight excluding hydrogens is 352 g/mol. The summed E-state index contributed by atoms with van der Waals surface area (Å²) in [6.07, 6.45) is 1.30. The molecule has 1 aromatic heterocycles. The van der Waals surface area contributed by atoms with Crippen molar-refractivity contribution in [3.05, 3.63) is 47.8 Å². The van der Waals surface area contributed by atoms with Gasteiger partial charge < -0.3 is 9.88 Å². The number of aromatic nitrogens is 1. The van der Waals surface area contributed by atoms with Gasteiger partial charge in [-0.1, -0.05) is 0 Å². The zero-order valence-corrected chi connectivity index (χ0v) is 15.0. The molecule has 0 saturated heterocycles. The van der Waals surface area contributed by atoms with E-state index < -0.39 is 33.1 Å². The Morgan fingerprint density at radius 3 is 2.32 bits per heavy atom. The van der Waals surface area contributed by atoms with Gasteiger partial charge in [0.1, 0.15) is 10.6 Å². The van der Waals surface area contributed by atoms with Crippen LogP contribution in [0.15, 0.2) is 35.4 Å². The predicted octanol–water partition coefficient (Wildman–Crippen LogP) is 2.63. The van der Waals surface area contributed by atoms with Crippen LogP contribution in [0.1, 0.15) is 31.3 Å². The Kier molecular flexibility index (Phi) is 5.01. The summed E-state index contributed by atoms with van der Waals surface area (Å²) in [4.78, 5) is 12.2. The Bertz CT molecular complexity index is 915. The number of hydrogen-bond donors (Lipinski definition) is 2. The lowest BCUT2D eigenvalue weighted by molar-refractivity contribution is 0.101. The van der Waals surface area contributed by atoms with E-state index in [0.29, 0.717) is 0 Å². The summed E-state index contributed by atoms with van der Waals surface area (Å²) in [6.45, 7) is 5.10. The first kappa shape index (κ1) is 19.1. The van der Waals surface area contributed by atoms with Gasteiger partial charge in [0.15, 0.2) is 11.6 Å². The van der Waals surface area contributed by atoms with E-state index in [2.05, 4.69) is 10.0 Å². The summed E-state index contributed by atoms with van der Waals surface area (Å²) in [5.41, 5.74) is -0.565. The molecule has 0 radical (unpaired) electrons. The average Bonchev–Trinajstić information content (AvgIpc) is 2.83. The molecule has 6 nitrogen and oxygen atoms in total. The Balaban J connectivity index is 2.27. The zero-order valence-electron chi connectivity index (χ0n) is 14.2. The molecule has 0 unspecified atom stereocenters. The topological polar surface area (TPSA) is 80.2 Å². The maximum Gasteiger partial charge on any atom is 0.272 e. The van der Waals surface area contributed by atoms with Crippen LogP contribution >= 0.6 is 0 Å². The second-order valence-corrected chi connectivity index (χ2v) is 8.29. The maximum absolute atomic E-state index is 13.2. The Hall–Kier alpha value is -2.26. The Morgan fingerprint density at radius 2 is 1.76 bits per heavy atom. The molecule has 0 aliphatic carbocycles. The monoisotopic (exact) mass is 371 g/mol. The highest BCUT2D eigenvalue weighted by Crippen LogP contribution is 2.18. The third-order valence-electron chi connectivity index (χ3n) is 3.14. The molecule has 1 heterocycles. The van der Waals surface area contributed by atoms with Crippen LogP contribution in [0.2, 0.25) is 0 Å². The maximum atomic E-state index is 13.2. The second-order valence-electron chi connectivity index (χ2n) is 6.61. The van der Waals surface area contributed by atoms with E-state index in [1.165, 1.54) is 29.9 Å². The minimum Gasteiger partial charge on any atom is -0.345 e. The summed E-state index contributed by atoms with van der Waals surface area (Å²) in [5, 5.41) is 2.40. The number of rotatable bonds is 4. The Labute approximate surface area is 144 Å². The smallest absolute Gasteiger partial charge is 0.272 e. The number of benzene rings is 1. The first-order valence-corrected chi connectivity index (χ1v) is 8.84. The molecule has 0 fully saturated rings. The quantitative estimate of drug-likeness (QED) is 0.867. The Morgan fingerprint density at radius 1 is 1.12 bits per heavy atom. The number of aryl methyl sites for hydroxylation is 1. The first-order valence-electron chi connectivity index (χ1n) is 7.36. The summed E-state index contributed by atoms with van der Waals surface area (Å²) in [6, 6.07) is 4.15. The molecule has 0 aliphatic heterocycles. The van der Waals surface area contributed by atoms with Gasteiger partial charge in [0.25, 0.3) is 5.91 Å². The van der Waals surface area contributed by atoms with Gasteiger partial charge in [0.2, 0.25) is 10.0 Å². The SMILES string of the molecule is Cn1cc(S(=O)(=O)NC(C)(C)C)cc1C(=O)Nc1ccc(F)c(F)c1. The van der Waals surface area contributed by atoms with Gasteiger partial charge in [-0.15, -0.1) is 0 Å². The lowest BCUT2D eigenvalue weighted by atomic mass is 10.1. The van der Waals surface area contributed by atoms with Crippen molar-refractivity contribution >= 4 is 21.6 Å². The minimum atomic E-state index is -3.80. The van der Waals surface area contributed by atoms with Gasteiger partial charge in [0, 0.05) is 30.5 Å². The second kappa shape index (κ2) is 6.57. The molecule has 0 aliphatic rings. The fourth-order valence-corrected chi connectivity index (χ4v) is 3.63. The van der Waals surface area contributed by atoms with Crippen LogP contribution in [-0.2, 0) is 17.1 Å². The molecule has 1 aromatic carbocycles. The molecule has 2 rings (SSSR count). The molecule has 136 valence electrons. The van der Waals surface area contributed by atoms with Crippen molar-refractivity contribution in [2.45, 2.75) is 31.2 Å². The minimum absolute atomic E-state index is 0.0546. The van der Waals surface area contributed by atoms with Gasteiger partial charge in [-0.2, -0.15) is 0 Å². The molecule has 2 N–H and O–H groups in total. The molecular formula is C16H19F2N3O3S. The van der Waals surface area contributed by atoms with Crippen molar-refractivity contribution in [2.75, 3.05) is 5.32 Å². The third-order valence-corrected chi connectivity index (χ3v) is 4.87. The number of halogens is 2. The molecule has 0 spiro atoms. The lowest BCUT2D eigenvalue weighted by Gasteiger charge is -2.19. The molecule has 1 amide bonds. The summed E-state index contributed by atoms with van der Waals surface area (Å²) in [7, 11) is -2.29. The van der Waals surface area contributed by atoms with Crippen LogP contribution in [-0.4, -0.2) is 24.4 Å². The number of carbonyl (C=O) groups excluding carboxylic acids is 1. The predicted molar refractivity (Wildman–Crippen MR) is 89.8 cm³/mol. The summed E-state index contributed by atoms with van der Waals surface area (Å²) >= 11 is 0. The highest BCUT2D eigenvalue weighted by molar-refractivity contribution is 7.89. The van der Waals surface area contributed by atoms with Crippen LogP contribution in [0.3, 0.4) is 0 Å². The highest BCUT2D eigenvalue weighted by Gasteiger charge is 2.25. The number of nitrogens with one attached hydrogen (secondary N) is 2. The van der Waals surface area contributed by atoms with E-state index in [9.17, 15) is 22.0 Å². The molecule has 0 atom stereocenters. The van der Waals surface area contributed by atoms with Crippen LogP contribution in [0, 0.1) is 11.6 Å². The van der Waals surface area contributed by atoms with E-state index >= 15 is 0 Å². The van der Waals surface area contributed by atoms with E-state index in [4.69, 9.17) is 0 Å². The normalized spacial score (nSPS) is 12.2. The zero-order chi connectivity index (χ0) is 19.0. The number of amides is 1. The van der Waals surface area contributed by atoms with Crippen LogP contribution in [0.4, 0.5) is 14.5 Å². The van der Waals surface area contributed by atoms with Gasteiger partial charge in [-0.25, -0.2) is 21.9 Å². The van der Waals surface area contributed by atoms with Crippen LogP contribution in [0.25, 0.3) is 0 Å². The van der Waals surface area contributed by atoms with Crippen molar-refractivity contribution < 1.29 is 22.0 Å². The number of sulfonamides is 1. The van der Waals surface area contributed by atoms with Crippen molar-refractivity contribution in [1.82, 2.24) is 9.29 Å². The van der Waals surface area contributed by atoms with E-state index in [1.807, 2.05) is 0 Å². The van der Waals surface area contributed by atoms with Crippen molar-refractivity contribution in [3.63, 3.8) is 0 Å². The van der Waals surface area contributed by atoms with E-state index in [1.54, 1.807) is 20.8 Å². The standard InChI is InChI=1S/C16H19F2N3O3S/c1-16(2,3)20-25(23,24)11-8-14(21(4)9-11)15(22)19-10-5-6-12(17)13(18)7-10/h5-9,20H,1-4H3,(H,19,22). The van der Waals surface area contributed by atoms with Crippen LogP contribution in [0.5, 0.6) is 0 Å². The van der Waals surface area contributed by atoms with E-state index in [-0.39, 0.29) is 16.3 Å². The first-order chi connectivity index (χ1) is 11.4. The van der Waals surface area contributed by atoms with Gasteiger partial charge >= 0.3 is 0 Å². The molecule has 25 heavy (non-hydrogen) atoms.